The van der Waals surface area contributed by atoms with Gasteiger partial charge in [-0.15, -0.1) is 0 Å². The Morgan fingerprint density at radius 2 is 2.44 bits per heavy atom. The van der Waals surface area contributed by atoms with Crippen molar-refractivity contribution < 1.29 is 9.53 Å². The molecule has 0 spiro atoms. The first-order chi connectivity index (χ1) is 7.76. The van der Waals surface area contributed by atoms with Gasteiger partial charge in [-0.2, -0.15) is 0 Å². The summed E-state index contributed by atoms with van der Waals surface area (Å²) in [4.78, 5) is 11.0. The van der Waals surface area contributed by atoms with E-state index < -0.39 is 0 Å². The second-order valence-electron chi connectivity index (χ2n) is 4.50. The molecular formula is C12H24N2O2. The molecule has 4 nitrogen and oxygen atoms in total. The molecule has 1 saturated heterocycles. The van der Waals surface area contributed by atoms with Crippen molar-refractivity contribution in [2.24, 2.45) is 0 Å². The number of ether oxygens (including phenoxy) is 1. The Balaban J connectivity index is 2.26. The highest BCUT2D eigenvalue weighted by atomic mass is 16.5. The molecule has 94 valence electrons. The Labute approximate surface area is 98.1 Å². The quantitative estimate of drug-likeness (QED) is 0.685. The highest BCUT2D eigenvalue weighted by molar-refractivity contribution is 5.76. The van der Waals surface area contributed by atoms with E-state index >= 15 is 0 Å². The predicted octanol–water partition coefficient (Wildman–Crippen LogP) is 1.06. The van der Waals surface area contributed by atoms with Gasteiger partial charge in [-0.3, -0.25) is 4.79 Å². The summed E-state index contributed by atoms with van der Waals surface area (Å²) in [6.45, 7) is 3.71. The topological polar surface area (TPSA) is 50.4 Å². The Morgan fingerprint density at radius 1 is 1.62 bits per heavy atom. The molecule has 1 aliphatic heterocycles. The minimum absolute atomic E-state index is 0.176. The Kier molecular flexibility index (Phi) is 6.42. The van der Waals surface area contributed by atoms with E-state index in [9.17, 15) is 4.79 Å². The Bertz CT molecular complexity index is 199. The number of carbonyl (C=O) groups excluding carboxylic acids is 1. The molecule has 2 atom stereocenters. The van der Waals surface area contributed by atoms with E-state index in [1.807, 2.05) is 0 Å². The third kappa shape index (κ3) is 4.94. The van der Waals surface area contributed by atoms with Crippen LogP contribution in [0.3, 0.4) is 0 Å². The van der Waals surface area contributed by atoms with Crippen LogP contribution in [0.5, 0.6) is 0 Å². The summed E-state index contributed by atoms with van der Waals surface area (Å²) >= 11 is 0. The van der Waals surface area contributed by atoms with Gasteiger partial charge in [0.25, 0.3) is 0 Å². The molecule has 1 aliphatic rings. The zero-order chi connectivity index (χ0) is 11.8. The number of hydrogen-bond donors (Lipinski definition) is 2. The van der Waals surface area contributed by atoms with Crippen LogP contribution in [0.1, 0.15) is 39.0 Å². The van der Waals surface area contributed by atoms with Gasteiger partial charge in [0.15, 0.2) is 0 Å². The van der Waals surface area contributed by atoms with Crippen LogP contribution in [-0.2, 0) is 9.53 Å². The molecule has 1 rings (SSSR count). The van der Waals surface area contributed by atoms with Crippen molar-refractivity contribution in [3.05, 3.63) is 0 Å². The highest BCUT2D eigenvalue weighted by Crippen LogP contribution is 2.07. The van der Waals surface area contributed by atoms with Crippen LogP contribution >= 0.6 is 0 Å². The van der Waals surface area contributed by atoms with Gasteiger partial charge < -0.3 is 15.4 Å². The van der Waals surface area contributed by atoms with Gasteiger partial charge >= 0.3 is 0 Å². The Morgan fingerprint density at radius 3 is 3.00 bits per heavy atom. The molecule has 2 N–H and O–H groups in total. The molecule has 4 heteroatoms. The summed E-state index contributed by atoms with van der Waals surface area (Å²) in [6.07, 6.45) is 5.17. The average molecular weight is 228 g/mol. The number of amides is 1. The van der Waals surface area contributed by atoms with Crippen LogP contribution < -0.4 is 10.6 Å². The molecule has 16 heavy (non-hydrogen) atoms. The lowest BCUT2D eigenvalue weighted by molar-refractivity contribution is -0.122. The normalized spacial score (nSPS) is 22.9. The second-order valence-corrected chi connectivity index (χ2v) is 4.50. The van der Waals surface area contributed by atoms with Crippen molar-refractivity contribution in [2.45, 2.75) is 51.1 Å². The second kappa shape index (κ2) is 7.63. The molecule has 1 amide bonds. The number of unbranched alkanes of at least 4 members (excludes halogenated alkanes) is 1. The summed E-state index contributed by atoms with van der Waals surface area (Å²) in [5.74, 6) is 0.176. The van der Waals surface area contributed by atoms with Crippen molar-refractivity contribution in [3.63, 3.8) is 0 Å². The Hall–Kier alpha value is -0.610. The molecule has 2 unspecified atom stereocenters. The van der Waals surface area contributed by atoms with E-state index in [-0.39, 0.29) is 5.91 Å². The monoisotopic (exact) mass is 228 g/mol. The highest BCUT2D eigenvalue weighted by Gasteiger charge is 2.20. The number of rotatable bonds is 7. The van der Waals surface area contributed by atoms with Gasteiger partial charge in [0, 0.05) is 32.2 Å². The number of carbonyl (C=O) groups is 1. The van der Waals surface area contributed by atoms with Gasteiger partial charge in [-0.05, 0) is 12.8 Å². The van der Waals surface area contributed by atoms with Crippen LogP contribution in [-0.4, -0.2) is 38.3 Å². The van der Waals surface area contributed by atoms with Gasteiger partial charge in [-0.25, -0.2) is 0 Å². The first-order valence-corrected chi connectivity index (χ1v) is 6.28. The third-order valence-corrected chi connectivity index (χ3v) is 3.01. The molecule has 0 radical (unpaired) electrons. The van der Waals surface area contributed by atoms with Crippen molar-refractivity contribution >= 4 is 5.91 Å². The van der Waals surface area contributed by atoms with Gasteiger partial charge in [0.05, 0.1) is 6.61 Å². The van der Waals surface area contributed by atoms with E-state index in [4.69, 9.17) is 4.74 Å². The number of methoxy groups -OCH3 is 1. The minimum atomic E-state index is 0.176. The van der Waals surface area contributed by atoms with E-state index in [2.05, 4.69) is 17.6 Å². The van der Waals surface area contributed by atoms with E-state index in [0.29, 0.717) is 18.5 Å². The first kappa shape index (κ1) is 13.5. The maximum absolute atomic E-state index is 11.0. The summed E-state index contributed by atoms with van der Waals surface area (Å²) in [6, 6.07) is 0.833. The van der Waals surface area contributed by atoms with E-state index in [0.717, 1.165) is 26.0 Å². The third-order valence-electron chi connectivity index (χ3n) is 3.01. The van der Waals surface area contributed by atoms with Crippen LogP contribution in [0.25, 0.3) is 0 Å². The maximum Gasteiger partial charge on any atom is 0.220 e. The average Bonchev–Trinajstić information content (AvgIpc) is 2.29. The molecule has 0 bridgehead atoms. The van der Waals surface area contributed by atoms with Crippen molar-refractivity contribution in [1.82, 2.24) is 10.6 Å². The molecule has 1 fully saturated rings. The van der Waals surface area contributed by atoms with Gasteiger partial charge in [0.2, 0.25) is 5.91 Å². The molecule has 0 aromatic carbocycles. The summed E-state index contributed by atoms with van der Waals surface area (Å²) in [7, 11) is 1.74. The minimum Gasteiger partial charge on any atom is -0.383 e. The molecule has 0 aromatic heterocycles. The molecule has 0 saturated carbocycles. The van der Waals surface area contributed by atoms with Crippen molar-refractivity contribution in [2.75, 3.05) is 20.3 Å². The molecule has 0 aliphatic carbocycles. The van der Waals surface area contributed by atoms with Crippen molar-refractivity contribution in [1.29, 1.82) is 0 Å². The fourth-order valence-corrected chi connectivity index (χ4v) is 2.07. The smallest absolute Gasteiger partial charge is 0.220 e. The lowest BCUT2D eigenvalue weighted by Crippen LogP contribution is -2.50. The van der Waals surface area contributed by atoms with Crippen LogP contribution in [0.15, 0.2) is 0 Å². The SMILES string of the molecule is CCCCC(COC)NC1CCC(=O)NC1. The zero-order valence-electron chi connectivity index (χ0n) is 10.4. The zero-order valence-corrected chi connectivity index (χ0v) is 10.4. The van der Waals surface area contributed by atoms with E-state index in [1.165, 1.54) is 12.8 Å². The van der Waals surface area contributed by atoms with Crippen LogP contribution in [0, 0.1) is 0 Å². The number of piperidine rings is 1. The molecule has 1 heterocycles. The lowest BCUT2D eigenvalue weighted by Gasteiger charge is -2.28. The van der Waals surface area contributed by atoms with Crippen LogP contribution in [0.4, 0.5) is 0 Å². The summed E-state index contributed by atoms with van der Waals surface area (Å²) in [5, 5.41) is 6.47. The predicted molar refractivity (Wildman–Crippen MR) is 64.4 cm³/mol. The summed E-state index contributed by atoms with van der Waals surface area (Å²) in [5.41, 5.74) is 0. The lowest BCUT2D eigenvalue weighted by atomic mass is 10.0. The molecule has 0 aromatic rings. The number of hydrogen-bond acceptors (Lipinski definition) is 3. The van der Waals surface area contributed by atoms with E-state index in [1.54, 1.807) is 7.11 Å². The summed E-state index contributed by atoms with van der Waals surface area (Å²) < 4.78 is 5.21. The van der Waals surface area contributed by atoms with Gasteiger partial charge in [-0.1, -0.05) is 19.8 Å². The number of nitrogens with one attached hydrogen (secondary N) is 2. The van der Waals surface area contributed by atoms with Crippen LogP contribution in [0.2, 0.25) is 0 Å². The fraction of sp³-hybridized carbons (Fsp3) is 0.917. The fourth-order valence-electron chi connectivity index (χ4n) is 2.07. The largest absolute Gasteiger partial charge is 0.383 e. The molecular weight excluding hydrogens is 204 g/mol. The maximum atomic E-state index is 11.0. The van der Waals surface area contributed by atoms with Gasteiger partial charge in [0.1, 0.15) is 0 Å². The van der Waals surface area contributed by atoms with Crippen molar-refractivity contribution in [3.8, 4) is 0 Å². The first-order valence-electron chi connectivity index (χ1n) is 6.28. The standard InChI is InChI=1S/C12H24N2O2/c1-3-4-5-11(9-16-2)14-10-6-7-12(15)13-8-10/h10-11,14H,3-9H2,1-2H3,(H,13,15).